The number of hydrogen-bond donors (Lipinski definition) is 2. The van der Waals surface area contributed by atoms with Gasteiger partial charge in [0.1, 0.15) is 5.60 Å². The SMILES string of the molecule is CC1=C(c2ccccc2)[C@](O)(c2ccccc2)[C@@H](C)[C@H]1O. The molecule has 108 valence electrons. The van der Waals surface area contributed by atoms with Gasteiger partial charge in [-0.2, -0.15) is 0 Å². The van der Waals surface area contributed by atoms with Crippen molar-refractivity contribution in [2.45, 2.75) is 25.6 Å². The molecule has 0 unspecified atom stereocenters. The van der Waals surface area contributed by atoms with Crippen molar-refractivity contribution >= 4 is 5.57 Å². The van der Waals surface area contributed by atoms with Crippen LogP contribution in [0, 0.1) is 5.92 Å². The van der Waals surface area contributed by atoms with Crippen LogP contribution in [0.1, 0.15) is 25.0 Å². The predicted octanol–water partition coefficient (Wildman–Crippen LogP) is 3.36. The first-order valence-corrected chi connectivity index (χ1v) is 7.29. The molecular weight excluding hydrogens is 260 g/mol. The van der Waals surface area contributed by atoms with Gasteiger partial charge >= 0.3 is 0 Å². The fourth-order valence-corrected chi connectivity index (χ4v) is 3.43. The van der Waals surface area contributed by atoms with Gasteiger partial charge in [-0.3, -0.25) is 0 Å². The second-order valence-electron chi connectivity index (χ2n) is 5.79. The Hall–Kier alpha value is -1.90. The quantitative estimate of drug-likeness (QED) is 0.885. The van der Waals surface area contributed by atoms with Crippen LogP contribution in [0.3, 0.4) is 0 Å². The summed E-state index contributed by atoms with van der Waals surface area (Å²) in [6, 6.07) is 19.4. The molecule has 21 heavy (non-hydrogen) atoms. The molecule has 2 aromatic carbocycles. The molecule has 0 aromatic heterocycles. The molecule has 2 aromatic rings. The topological polar surface area (TPSA) is 40.5 Å². The average Bonchev–Trinajstić information content (AvgIpc) is 2.71. The lowest BCUT2D eigenvalue weighted by molar-refractivity contribution is 0.00424. The fourth-order valence-electron chi connectivity index (χ4n) is 3.43. The summed E-state index contributed by atoms with van der Waals surface area (Å²) in [5.41, 5.74) is 2.30. The second kappa shape index (κ2) is 5.14. The van der Waals surface area contributed by atoms with E-state index in [0.717, 1.165) is 22.3 Å². The van der Waals surface area contributed by atoms with E-state index in [9.17, 15) is 10.2 Å². The van der Waals surface area contributed by atoms with Gasteiger partial charge in [-0.25, -0.2) is 0 Å². The summed E-state index contributed by atoms with van der Waals surface area (Å²) in [6.45, 7) is 3.81. The molecule has 0 radical (unpaired) electrons. The number of benzene rings is 2. The van der Waals surface area contributed by atoms with Crippen molar-refractivity contribution in [3.05, 3.63) is 77.4 Å². The molecule has 1 aliphatic rings. The van der Waals surface area contributed by atoms with E-state index in [-0.39, 0.29) is 5.92 Å². The molecule has 0 saturated heterocycles. The molecular formula is C19H20O2. The Bertz CT molecular complexity index is 660. The zero-order valence-corrected chi connectivity index (χ0v) is 12.3. The lowest BCUT2D eigenvalue weighted by Crippen LogP contribution is -2.35. The highest BCUT2D eigenvalue weighted by molar-refractivity contribution is 5.79. The zero-order chi connectivity index (χ0) is 15.0. The van der Waals surface area contributed by atoms with Crippen molar-refractivity contribution < 1.29 is 10.2 Å². The second-order valence-corrected chi connectivity index (χ2v) is 5.79. The van der Waals surface area contributed by atoms with Gasteiger partial charge in [0.15, 0.2) is 0 Å². The van der Waals surface area contributed by atoms with Crippen molar-refractivity contribution in [2.24, 2.45) is 5.92 Å². The minimum Gasteiger partial charge on any atom is -0.388 e. The smallest absolute Gasteiger partial charge is 0.121 e. The maximum Gasteiger partial charge on any atom is 0.121 e. The molecule has 0 aliphatic heterocycles. The Kier molecular flexibility index (Phi) is 3.44. The van der Waals surface area contributed by atoms with Crippen molar-refractivity contribution in [1.82, 2.24) is 0 Å². The van der Waals surface area contributed by atoms with Gasteiger partial charge in [0, 0.05) is 5.92 Å². The number of aliphatic hydroxyl groups is 2. The lowest BCUT2D eigenvalue weighted by Gasteiger charge is -2.33. The molecule has 2 heteroatoms. The van der Waals surface area contributed by atoms with Gasteiger partial charge in [0.2, 0.25) is 0 Å². The minimum atomic E-state index is -1.16. The average molecular weight is 280 g/mol. The van der Waals surface area contributed by atoms with Crippen LogP contribution >= 0.6 is 0 Å². The van der Waals surface area contributed by atoms with Crippen molar-refractivity contribution in [3.8, 4) is 0 Å². The van der Waals surface area contributed by atoms with Crippen LogP contribution in [0.15, 0.2) is 66.2 Å². The van der Waals surface area contributed by atoms with Gasteiger partial charge in [-0.1, -0.05) is 67.6 Å². The van der Waals surface area contributed by atoms with Crippen molar-refractivity contribution in [1.29, 1.82) is 0 Å². The van der Waals surface area contributed by atoms with Crippen LogP contribution in [-0.4, -0.2) is 16.3 Å². The van der Waals surface area contributed by atoms with Gasteiger partial charge in [0.05, 0.1) is 6.10 Å². The molecule has 0 amide bonds. The lowest BCUT2D eigenvalue weighted by atomic mass is 9.78. The highest BCUT2D eigenvalue weighted by Crippen LogP contribution is 2.51. The van der Waals surface area contributed by atoms with Crippen LogP contribution < -0.4 is 0 Å². The van der Waals surface area contributed by atoms with Crippen LogP contribution in [0.2, 0.25) is 0 Å². The Morgan fingerprint density at radius 2 is 1.43 bits per heavy atom. The molecule has 0 fully saturated rings. The maximum atomic E-state index is 11.5. The Balaban J connectivity index is 2.23. The van der Waals surface area contributed by atoms with Gasteiger partial charge < -0.3 is 10.2 Å². The highest BCUT2D eigenvalue weighted by atomic mass is 16.3. The molecule has 0 saturated carbocycles. The predicted molar refractivity (Wildman–Crippen MR) is 84.5 cm³/mol. The summed E-state index contributed by atoms with van der Waals surface area (Å²) in [7, 11) is 0. The first kappa shape index (κ1) is 14.1. The molecule has 0 bridgehead atoms. The highest BCUT2D eigenvalue weighted by Gasteiger charge is 2.50. The van der Waals surface area contributed by atoms with E-state index < -0.39 is 11.7 Å². The number of aliphatic hydroxyl groups excluding tert-OH is 1. The summed E-state index contributed by atoms with van der Waals surface area (Å²) >= 11 is 0. The van der Waals surface area contributed by atoms with E-state index in [1.165, 1.54) is 0 Å². The number of rotatable bonds is 2. The zero-order valence-electron chi connectivity index (χ0n) is 12.3. The molecule has 2 N–H and O–H groups in total. The summed E-state index contributed by atoms with van der Waals surface area (Å²) in [4.78, 5) is 0. The van der Waals surface area contributed by atoms with Crippen molar-refractivity contribution in [3.63, 3.8) is 0 Å². The molecule has 0 spiro atoms. The van der Waals surface area contributed by atoms with Gasteiger partial charge in [0.25, 0.3) is 0 Å². The first-order chi connectivity index (χ1) is 10.1. The van der Waals surface area contributed by atoms with Crippen molar-refractivity contribution in [2.75, 3.05) is 0 Å². The first-order valence-electron chi connectivity index (χ1n) is 7.29. The molecule has 0 heterocycles. The third-order valence-corrected chi connectivity index (χ3v) is 4.63. The van der Waals surface area contributed by atoms with E-state index in [0.29, 0.717) is 0 Å². The molecule has 1 aliphatic carbocycles. The maximum absolute atomic E-state index is 11.5. The normalized spacial score (nSPS) is 29.0. The summed E-state index contributed by atoms with van der Waals surface area (Å²) in [6.07, 6.45) is -0.634. The van der Waals surface area contributed by atoms with Crippen LogP contribution in [0.4, 0.5) is 0 Å². The summed E-state index contributed by atoms with van der Waals surface area (Å²) in [5, 5.41) is 21.9. The van der Waals surface area contributed by atoms with E-state index >= 15 is 0 Å². The summed E-state index contributed by atoms with van der Waals surface area (Å²) < 4.78 is 0. The third kappa shape index (κ3) is 2.03. The Morgan fingerprint density at radius 1 is 0.905 bits per heavy atom. The molecule has 3 rings (SSSR count). The van der Waals surface area contributed by atoms with E-state index in [2.05, 4.69) is 0 Å². The van der Waals surface area contributed by atoms with Gasteiger partial charge in [-0.05, 0) is 29.2 Å². The minimum absolute atomic E-state index is 0.282. The van der Waals surface area contributed by atoms with E-state index in [4.69, 9.17) is 0 Å². The Labute approximate surface area is 125 Å². The summed E-state index contributed by atoms with van der Waals surface area (Å²) in [5.74, 6) is -0.282. The third-order valence-electron chi connectivity index (χ3n) is 4.63. The largest absolute Gasteiger partial charge is 0.388 e. The monoisotopic (exact) mass is 280 g/mol. The standard InChI is InChI=1S/C19H20O2/c1-13-17(15-9-5-3-6-10-15)19(21,14(2)18(13)20)16-11-7-4-8-12-16/h3-12,14,18,20-21H,1-2H3/t14-,18-,19+/m0/s1. The Morgan fingerprint density at radius 3 is 2.00 bits per heavy atom. The van der Waals surface area contributed by atoms with Gasteiger partial charge in [-0.15, -0.1) is 0 Å². The molecule has 3 atom stereocenters. The van der Waals surface area contributed by atoms with E-state index in [1.54, 1.807) is 0 Å². The molecule has 2 nitrogen and oxygen atoms in total. The van der Waals surface area contributed by atoms with Crippen LogP contribution in [0.5, 0.6) is 0 Å². The van der Waals surface area contributed by atoms with Crippen LogP contribution in [0.25, 0.3) is 5.57 Å². The number of hydrogen-bond acceptors (Lipinski definition) is 2. The van der Waals surface area contributed by atoms with Crippen LogP contribution in [-0.2, 0) is 5.60 Å². The fraction of sp³-hybridized carbons (Fsp3) is 0.263. The van der Waals surface area contributed by atoms with E-state index in [1.807, 2.05) is 74.5 Å².